The van der Waals surface area contributed by atoms with Gasteiger partial charge in [-0.3, -0.25) is 9.69 Å². The minimum absolute atomic E-state index is 0.0770. The number of carbonyl (C=O) groups excluding carboxylic acids is 1. The van der Waals surface area contributed by atoms with E-state index in [1.54, 1.807) is 6.92 Å². The first kappa shape index (κ1) is 16.9. The van der Waals surface area contributed by atoms with Crippen molar-refractivity contribution in [2.75, 3.05) is 39.8 Å². The fourth-order valence-electron chi connectivity index (χ4n) is 2.52. The van der Waals surface area contributed by atoms with Crippen LogP contribution in [0.25, 0.3) is 0 Å². The molecule has 0 saturated carbocycles. The monoisotopic (exact) mass is 305 g/mol. The fraction of sp³-hybridized carbons (Fsp3) is 0.588. The van der Waals surface area contributed by atoms with E-state index in [2.05, 4.69) is 22.2 Å². The summed E-state index contributed by atoms with van der Waals surface area (Å²) in [4.78, 5) is 16.7. The second-order valence-corrected chi connectivity index (χ2v) is 6.17. The van der Waals surface area contributed by atoms with Crippen molar-refractivity contribution in [2.24, 2.45) is 0 Å². The van der Waals surface area contributed by atoms with E-state index < -0.39 is 0 Å². The lowest BCUT2D eigenvalue weighted by molar-refractivity contribution is 0.0945. The van der Waals surface area contributed by atoms with Crippen molar-refractivity contribution in [1.29, 1.82) is 0 Å². The van der Waals surface area contributed by atoms with Gasteiger partial charge < -0.3 is 15.3 Å². The lowest BCUT2D eigenvalue weighted by atomic mass is 10.1. The minimum atomic E-state index is -0.383. The maximum absolute atomic E-state index is 12.0. The van der Waals surface area contributed by atoms with Gasteiger partial charge in [0.25, 0.3) is 5.91 Å². The number of aliphatic hydroxyl groups is 1. The van der Waals surface area contributed by atoms with Crippen molar-refractivity contribution in [1.82, 2.24) is 15.1 Å². The third-order valence-corrected chi connectivity index (χ3v) is 4.07. The molecule has 1 unspecified atom stereocenters. The van der Waals surface area contributed by atoms with E-state index in [-0.39, 0.29) is 12.0 Å². The molecule has 1 aliphatic rings. The molecule has 1 saturated heterocycles. The van der Waals surface area contributed by atoms with Crippen LogP contribution >= 0.6 is 0 Å². The summed E-state index contributed by atoms with van der Waals surface area (Å²) in [5, 5.41) is 12.0. The zero-order valence-electron chi connectivity index (χ0n) is 13.6. The van der Waals surface area contributed by atoms with Crippen LogP contribution in [0.3, 0.4) is 0 Å². The molecule has 1 aromatic carbocycles. The van der Waals surface area contributed by atoms with Crippen LogP contribution in [0.2, 0.25) is 0 Å². The second kappa shape index (κ2) is 8.27. The van der Waals surface area contributed by atoms with Crippen molar-refractivity contribution >= 4 is 5.91 Å². The van der Waals surface area contributed by atoms with Gasteiger partial charge in [-0.25, -0.2) is 0 Å². The Bertz CT molecular complexity index is 465. The molecule has 22 heavy (non-hydrogen) atoms. The Kier molecular flexibility index (Phi) is 6.36. The molecule has 1 amide bonds. The topological polar surface area (TPSA) is 55.8 Å². The van der Waals surface area contributed by atoms with Crippen molar-refractivity contribution < 1.29 is 9.90 Å². The maximum Gasteiger partial charge on any atom is 0.251 e. The highest BCUT2D eigenvalue weighted by Gasteiger charge is 2.14. The average molecular weight is 305 g/mol. The van der Waals surface area contributed by atoms with E-state index in [0.29, 0.717) is 18.5 Å². The van der Waals surface area contributed by atoms with Crippen LogP contribution in [0.15, 0.2) is 24.3 Å². The van der Waals surface area contributed by atoms with Gasteiger partial charge in [-0.2, -0.15) is 0 Å². The molecular weight excluding hydrogens is 278 g/mol. The van der Waals surface area contributed by atoms with Crippen LogP contribution in [0.5, 0.6) is 0 Å². The van der Waals surface area contributed by atoms with Crippen LogP contribution in [0.1, 0.15) is 29.3 Å². The Labute approximate surface area is 132 Å². The Balaban J connectivity index is 1.80. The highest BCUT2D eigenvalue weighted by molar-refractivity contribution is 5.94. The molecule has 122 valence electrons. The highest BCUT2D eigenvalue weighted by Crippen LogP contribution is 2.09. The Morgan fingerprint density at radius 3 is 2.45 bits per heavy atom. The molecule has 1 aliphatic heterocycles. The largest absolute Gasteiger partial charge is 0.393 e. The first-order valence-electron chi connectivity index (χ1n) is 8.00. The molecule has 1 atom stereocenters. The zero-order chi connectivity index (χ0) is 15.9. The summed E-state index contributed by atoms with van der Waals surface area (Å²) < 4.78 is 0. The summed E-state index contributed by atoms with van der Waals surface area (Å²) in [6.45, 7) is 7.58. The summed E-state index contributed by atoms with van der Waals surface area (Å²) >= 11 is 0. The van der Waals surface area contributed by atoms with Gasteiger partial charge in [0.05, 0.1) is 6.10 Å². The SMILES string of the molecule is CC(O)CCNC(=O)c1ccc(CN2CCN(C)CC2)cc1. The zero-order valence-corrected chi connectivity index (χ0v) is 13.6. The maximum atomic E-state index is 12.0. The van der Waals surface area contributed by atoms with Crippen molar-refractivity contribution in [3.05, 3.63) is 35.4 Å². The smallest absolute Gasteiger partial charge is 0.251 e. The Hall–Kier alpha value is -1.43. The molecule has 5 heteroatoms. The third kappa shape index (κ3) is 5.40. The van der Waals surface area contributed by atoms with Crippen LogP contribution < -0.4 is 5.32 Å². The first-order chi connectivity index (χ1) is 10.5. The predicted octanol–water partition coefficient (Wildman–Crippen LogP) is 0.935. The number of carbonyl (C=O) groups is 1. The predicted molar refractivity (Wildman–Crippen MR) is 87.8 cm³/mol. The molecule has 1 aromatic rings. The molecule has 0 bridgehead atoms. The van der Waals surface area contributed by atoms with Crippen molar-refractivity contribution in [3.8, 4) is 0 Å². The number of nitrogens with zero attached hydrogens (tertiary/aromatic N) is 2. The van der Waals surface area contributed by atoms with Gasteiger partial charge in [0.2, 0.25) is 0 Å². The number of benzene rings is 1. The average Bonchev–Trinajstić information content (AvgIpc) is 2.50. The fourth-order valence-corrected chi connectivity index (χ4v) is 2.52. The molecule has 1 fully saturated rings. The number of likely N-dealkylation sites (N-methyl/N-ethyl adjacent to an activating group) is 1. The number of amides is 1. The second-order valence-electron chi connectivity index (χ2n) is 6.17. The van der Waals surface area contributed by atoms with Gasteiger partial charge >= 0.3 is 0 Å². The van der Waals surface area contributed by atoms with Crippen molar-refractivity contribution in [2.45, 2.75) is 26.0 Å². The normalized spacial score (nSPS) is 18.1. The van der Waals surface area contributed by atoms with Gasteiger partial charge in [0.1, 0.15) is 0 Å². The van der Waals surface area contributed by atoms with Crippen molar-refractivity contribution in [3.63, 3.8) is 0 Å². The van der Waals surface area contributed by atoms with Gasteiger partial charge in [-0.15, -0.1) is 0 Å². The molecule has 2 N–H and O–H groups in total. The standard InChI is InChI=1S/C17H27N3O2/c1-14(21)7-8-18-17(22)16-5-3-15(4-6-16)13-20-11-9-19(2)10-12-20/h3-6,14,21H,7-13H2,1-2H3,(H,18,22). The van der Waals surface area contributed by atoms with Gasteiger partial charge in [0.15, 0.2) is 0 Å². The van der Waals surface area contributed by atoms with Gasteiger partial charge in [-0.05, 0) is 38.1 Å². The summed E-state index contributed by atoms with van der Waals surface area (Å²) in [5.74, 6) is -0.0770. The number of hydrogen-bond donors (Lipinski definition) is 2. The molecule has 0 aliphatic carbocycles. The number of hydrogen-bond acceptors (Lipinski definition) is 4. The van der Waals surface area contributed by atoms with Crippen LogP contribution in [-0.2, 0) is 6.54 Å². The quantitative estimate of drug-likeness (QED) is 0.821. The molecule has 1 heterocycles. The summed E-state index contributed by atoms with van der Waals surface area (Å²) in [6.07, 6.45) is 0.194. The summed E-state index contributed by atoms with van der Waals surface area (Å²) in [5.41, 5.74) is 1.91. The number of piperazine rings is 1. The Morgan fingerprint density at radius 2 is 1.86 bits per heavy atom. The van der Waals surface area contributed by atoms with E-state index >= 15 is 0 Å². The minimum Gasteiger partial charge on any atom is -0.393 e. The van der Waals surface area contributed by atoms with E-state index in [1.165, 1.54) is 5.56 Å². The van der Waals surface area contributed by atoms with Gasteiger partial charge in [0, 0.05) is 44.8 Å². The highest BCUT2D eigenvalue weighted by atomic mass is 16.3. The first-order valence-corrected chi connectivity index (χ1v) is 8.00. The lowest BCUT2D eigenvalue weighted by Gasteiger charge is -2.32. The van der Waals surface area contributed by atoms with E-state index in [1.807, 2.05) is 24.3 Å². The summed E-state index contributed by atoms with van der Waals surface area (Å²) in [7, 11) is 2.16. The van der Waals surface area contributed by atoms with Crippen LogP contribution in [0.4, 0.5) is 0 Å². The van der Waals surface area contributed by atoms with Crippen LogP contribution in [-0.4, -0.2) is 66.7 Å². The van der Waals surface area contributed by atoms with Crippen LogP contribution in [0, 0.1) is 0 Å². The van der Waals surface area contributed by atoms with E-state index in [0.717, 1.165) is 32.7 Å². The molecule has 0 spiro atoms. The molecule has 2 rings (SSSR count). The molecular formula is C17H27N3O2. The van der Waals surface area contributed by atoms with E-state index in [4.69, 9.17) is 0 Å². The molecule has 0 aromatic heterocycles. The third-order valence-electron chi connectivity index (χ3n) is 4.07. The Morgan fingerprint density at radius 1 is 1.23 bits per heavy atom. The molecule has 0 radical (unpaired) electrons. The van der Waals surface area contributed by atoms with Gasteiger partial charge in [-0.1, -0.05) is 12.1 Å². The number of aliphatic hydroxyl groups excluding tert-OH is 1. The number of nitrogens with one attached hydrogen (secondary N) is 1. The van der Waals surface area contributed by atoms with E-state index in [9.17, 15) is 9.90 Å². The lowest BCUT2D eigenvalue weighted by Crippen LogP contribution is -2.43. The summed E-state index contributed by atoms with van der Waals surface area (Å²) in [6, 6.07) is 7.82. The molecule has 5 nitrogen and oxygen atoms in total. The number of rotatable bonds is 6.